The van der Waals surface area contributed by atoms with Gasteiger partial charge in [0.15, 0.2) is 11.6 Å². The number of ketones is 3. The predicted octanol–water partition coefficient (Wildman–Crippen LogP) is 3.52. The molecule has 0 amide bonds. The summed E-state index contributed by atoms with van der Waals surface area (Å²) in [6.07, 6.45) is -0.00541. The van der Waals surface area contributed by atoms with Gasteiger partial charge in [-0.1, -0.05) is 22.0 Å². The van der Waals surface area contributed by atoms with Crippen LogP contribution in [0.2, 0.25) is 0 Å². The van der Waals surface area contributed by atoms with E-state index in [-0.39, 0.29) is 30.0 Å². The monoisotopic (exact) mass is 364 g/mol. The van der Waals surface area contributed by atoms with E-state index in [4.69, 9.17) is 0 Å². The minimum Gasteiger partial charge on any atom is -0.506 e. The summed E-state index contributed by atoms with van der Waals surface area (Å²) in [5.41, 5.74) is 0.0621. The highest BCUT2D eigenvalue weighted by atomic mass is 79.9. The zero-order valence-electron chi connectivity index (χ0n) is 12.7. The molecule has 0 saturated carbocycles. The molecule has 0 bridgehead atoms. The van der Waals surface area contributed by atoms with Gasteiger partial charge in [0.05, 0.1) is 5.41 Å². The lowest BCUT2D eigenvalue weighted by atomic mass is 9.70. The number of Topliss-reactive ketones (excluding diaryl/α,β-unsaturated/α-hetero) is 3. The van der Waals surface area contributed by atoms with Crippen LogP contribution in [-0.2, 0) is 19.8 Å². The Bertz CT molecular complexity index is 713. The lowest BCUT2D eigenvalue weighted by Gasteiger charge is -2.32. The fourth-order valence-corrected chi connectivity index (χ4v) is 2.97. The Balaban J connectivity index is 2.57. The van der Waals surface area contributed by atoms with Crippen LogP contribution in [0, 0.1) is 0 Å². The summed E-state index contributed by atoms with van der Waals surface area (Å²) in [4.78, 5) is 36.0. The van der Waals surface area contributed by atoms with Crippen molar-refractivity contribution >= 4 is 39.0 Å². The highest BCUT2D eigenvalue weighted by Gasteiger charge is 2.42. The largest absolute Gasteiger partial charge is 0.506 e. The van der Waals surface area contributed by atoms with Crippen molar-refractivity contribution in [1.29, 1.82) is 0 Å². The second-order valence-electron chi connectivity index (χ2n) is 5.99. The van der Waals surface area contributed by atoms with Crippen molar-refractivity contribution in [3.05, 3.63) is 39.4 Å². The molecular weight excluding hydrogens is 348 g/mol. The number of hydrogen-bond acceptors (Lipinski definition) is 4. The van der Waals surface area contributed by atoms with Crippen LogP contribution in [0.3, 0.4) is 0 Å². The van der Waals surface area contributed by atoms with Crippen LogP contribution in [-0.4, -0.2) is 22.5 Å². The van der Waals surface area contributed by atoms with E-state index in [2.05, 4.69) is 15.9 Å². The summed E-state index contributed by atoms with van der Waals surface area (Å²) in [6, 6.07) is 5.26. The number of benzene rings is 1. The van der Waals surface area contributed by atoms with Crippen LogP contribution in [0.4, 0.5) is 0 Å². The average Bonchev–Trinajstić information content (AvgIpc) is 2.43. The van der Waals surface area contributed by atoms with Gasteiger partial charge in [0.1, 0.15) is 17.1 Å². The maximum absolute atomic E-state index is 12.7. The Morgan fingerprint density at radius 2 is 1.86 bits per heavy atom. The molecule has 1 N–H and O–H groups in total. The number of fused-ring (bicyclic) bond motifs is 1. The predicted molar refractivity (Wildman–Crippen MR) is 86.6 cm³/mol. The van der Waals surface area contributed by atoms with Gasteiger partial charge in [-0.2, -0.15) is 0 Å². The van der Waals surface area contributed by atoms with Crippen LogP contribution >= 0.6 is 15.9 Å². The van der Waals surface area contributed by atoms with E-state index in [1.165, 1.54) is 6.92 Å². The maximum Gasteiger partial charge on any atom is 0.180 e. The average molecular weight is 365 g/mol. The van der Waals surface area contributed by atoms with Crippen LogP contribution in [0.15, 0.2) is 28.2 Å². The summed E-state index contributed by atoms with van der Waals surface area (Å²) in [5, 5.41) is 10.4. The second kappa shape index (κ2) is 5.80. The Kier molecular flexibility index (Phi) is 4.38. The van der Waals surface area contributed by atoms with Gasteiger partial charge in [-0.05, 0) is 38.5 Å². The van der Waals surface area contributed by atoms with Crippen LogP contribution in [0.5, 0.6) is 0 Å². The van der Waals surface area contributed by atoms with Crippen molar-refractivity contribution in [2.24, 2.45) is 0 Å². The van der Waals surface area contributed by atoms with E-state index in [0.717, 1.165) is 4.47 Å². The van der Waals surface area contributed by atoms with Crippen LogP contribution in [0.25, 0.3) is 5.76 Å². The molecule has 0 radical (unpaired) electrons. The first kappa shape index (κ1) is 16.6. The molecule has 0 saturated heterocycles. The van der Waals surface area contributed by atoms with Crippen molar-refractivity contribution in [3.63, 3.8) is 0 Å². The highest BCUT2D eigenvalue weighted by molar-refractivity contribution is 9.10. The van der Waals surface area contributed by atoms with Gasteiger partial charge >= 0.3 is 0 Å². The molecule has 1 aromatic rings. The molecule has 116 valence electrons. The minimum atomic E-state index is -0.899. The molecule has 0 unspecified atom stereocenters. The Morgan fingerprint density at radius 1 is 1.23 bits per heavy atom. The fraction of sp³-hybridized carbons (Fsp3) is 0.353. The van der Waals surface area contributed by atoms with E-state index in [1.54, 1.807) is 32.0 Å². The molecule has 5 heteroatoms. The number of halogens is 1. The van der Waals surface area contributed by atoms with E-state index in [9.17, 15) is 19.5 Å². The van der Waals surface area contributed by atoms with E-state index in [0.29, 0.717) is 11.1 Å². The van der Waals surface area contributed by atoms with Crippen LogP contribution < -0.4 is 0 Å². The first-order valence-corrected chi connectivity index (χ1v) is 7.76. The van der Waals surface area contributed by atoms with Crippen LogP contribution in [0.1, 0.15) is 44.7 Å². The van der Waals surface area contributed by atoms with E-state index in [1.807, 2.05) is 0 Å². The molecule has 0 aromatic heterocycles. The molecule has 0 aliphatic heterocycles. The lowest BCUT2D eigenvalue weighted by Crippen LogP contribution is -2.37. The molecule has 0 atom stereocenters. The third kappa shape index (κ3) is 2.77. The first-order valence-electron chi connectivity index (χ1n) is 6.97. The number of hydrogen-bond donors (Lipinski definition) is 1. The van der Waals surface area contributed by atoms with Gasteiger partial charge < -0.3 is 9.90 Å². The fourth-order valence-electron chi connectivity index (χ4n) is 2.61. The summed E-state index contributed by atoms with van der Waals surface area (Å²) >= 11 is 3.33. The zero-order chi connectivity index (χ0) is 16.7. The number of rotatable bonds is 4. The third-order valence-corrected chi connectivity index (χ3v) is 4.42. The molecule has 2 rings (SSSR count). The molecule has 0 fully saturated rings. The minimum absolute atomic E-state index is 0.0641. The summed E-state index contributed by atoms with van der Waals surface area (Å²) in [6.45, 7) is 4.85. The zero-order valence-corrected chi connectivity index (χ0v) is 14.3. The Hall–Kier alpha value is -1.75. The number of aliphatic hydroxyl groups excluding tert-OH is 1. The van der Waals surface area contributed by atoms with Crippen molar-refractivity contribution in [1.82, 2.24) is 0 Å². The summed E-state index contributed by atoms with van der Waals surface area (Å²) in [7, 11) is 0. The van der Waals surface area contributed by atoms with Crippen molar-refractivity contribution in [2.45, 2.75) is 39.0 Å². The van der Waals surface area contributed by atoms with E-state index < -0.39 is 17.0 Å². The molecule has 1 aliphatic carbocycles. The molecule has 4 nitrogen and oxygen atoms in total. The van der Waals surface area contributed by atoms with Crippen molar-refractivity contribution in [2.75, 3.05) is 0 Å². The normalized spacial score (nSPS) is 16.5. The lowest BCUT2D eigenvalue weighted by molar-refractivity contribution is -0.126. The summed E-state index contributed by atoms with van der Waals surface area (Å²) in [5.74, 6) is -1.32. The number of aliphatic hydroxyl groups is 1. The number of carbonyl (C=O) groups is 3. The first-order chi connectivity index (χ1) is 10.2. The smallest absolute Gasteiger partial charge is 0.180 e. The third-order valence-electron chi connectivity index (χ3n) is 3.92. The quantitative estimate of drug-likeness (QED) is 0.829. The van der Waals surface area contributed by atoms with Gasteiger partial charge in [-0.15, -0.1) is 0 Å². The van der Waals surface area contributed by atoms with Gasteiger partial charge in [0.25, 0.3) is 0 Å². The summed E-state index contributed by atoms with van der Waals surface area (Å²) < 4.78 is 0.749. The SMILES string of the molecule is CC(=O)CCC(=O)C1=C(O)c2cc(Br)ccc2C(C)(C)C1=O. The number of carbonyl (C=O) groups excluding carboxylic acids is 3. The molecular formula is C17H17BrO4. The molecule has 0 heterocycles. The van der Waals surface area contributed by atoms with Crippen molar-refractivity contribution in [3.8, 4) is 0 Å². The Labute approximate surface area is 137 Å². The topological polar surface area (TPSA) is 71.4 Å². The molecule has 1 aromatic carbocycles. The van der Waals surface area contributed by atoms with E-state index >= 15 is 0 Å². The highest BCUT2D eigenvalue weighted by Crippen LogP contribution is 2.40. The molecule has 22 heavy (non-hydrogen) atoms. The van der Waals surface area contributed by atoms with Gasteiger partial charge in [-0.25, -0.2) is 0 Å². The maximum atomic E-state index is 12.7. The Morgan fingerprint density at radius 3 is 2.45 bits per heavy atom. The molecule has 0 spiro atoms. The second-order valence-corrected chi connectivity index (χ2v) is 6.91. The van der Waals surface area contributed by atoms with Gasteiger partial charge in [-0.3, -0.25) is 9.59 Å². The van der Waals surface area contributed by atoms with Gasteiger partial charge in [0.2, 0.25) is 0 Å². The number of allylic oxidation sites excluding steroid dienone is 1. The standard InChI is InChI=1S/C17H17BrO4/c1-9(19)4-7-13(20)14-15(21)11-8-10(18)5-6-12(11)17(2,3)16(14)22/h5-6,8,21H,4,7H2,1-3H3. The van der Waals surface area contributed by atoms with Crippen molar-refractivity contribution < 1.29 is 19.5 Å². The molecule has 1 aliphatic rings. The van der Waals surface area contributed by atoms with Gasteiger partial charge in [0, 0.05) is 22.9 Å².